The van der Waals surface area contributed by atoms with E-state index in [1.807, 2.05) is 0 Å². The molecular weight excluding hydrogens is 403 g/mol. The van der Waals surface area contributed by atoms with Gasteiger partial charge < -0.3 is 4.90 Å². The molecule has 158 valence electrons. The van der Waals surface area contributed by atoms with Crippen LogP contribution in [0.4, 0.5) is 19.0 Å². The van der Waals surface area contributed by atoms with Gasteiger partial charge in [0.15, 0.2) is 0 Å². The lowest BCUT2D eigenvalue weighted by atomic mass is 10.1. The number of aromatic nitrogens is 4. The first kappa shape index (κ1) is 19.9. The second kappa shape index (κ2) is 7.15. The minimum Gasteiger partial charge on any atom is -0.348 e. The molecule has 1 aliphatic heterocycles. The van der Waals surface area contributed by atoms with Gasteiger partial charge in [-0.3, -0.25) is 23.7 Å². The van der Waals surface area contributed by atoms with Crippen molar-refractivity contribution in [1.82, 2.24) is 19.1 Å². The molecule has 0 radical (unpaired) electrons. The van der Waals surface area contributed by atoms with Crippen LogP contribution in [0.25, 0.3) is 10.9 Å². The minimum absolute atomic E-state index is 0.0462. The summed E-state index contributed by atoms with van der Waals surface area (Å²) < 4.78 is 41.3. The van der Waals surface area contributed by atoms with Crippen molar-refractivity contribution in [3.63, 3.8) is 0 Å². The lowest BCUT2D eigenvalue weighted by Crippen LogP contribution is -2.38. The Morgan fingerprint density at radius 2 is 1.93 bits per heavy atom. The average Bonchev–Trinajstić information content (AvgIpc) is 3.16. The van der Waals surface area contributed by atoms with Crippen LogP contribution in [0.5, 0.6) is 0 Å². The number of nitrogens with one attached hydrogen (secondary N) is 1. The third kappa shape index (κ3) is 3.51. The van der Waals surface area contributed by atoms with Crippen LogP contribution in [0.2, 0.25) is 0 Å². The van der Waals surface area contributed by atoms with Gasteiger partial charge in [0.1, 0.15) is 18.2 Å². The van der Waals surface area contributed by atoms with E-state index in [9.17, 15) is 27.6 Å². The number of aromatic amines is 1. The van der Waals surface area contributed by atoms with E-state index in [-0.39, 0.29) is 17.0 Å². The van der Waals surface area contributed by atoms with E-state index in [0.29, 0.717) is 29.5 Å². The van der Waals surface area contributed by atoms with Crippen molar-refractivity contribution in [1.29, 1.82) is 0 Å². The summed E-state index contributed by atoms with van der Waals surface area (Å²) in [6.07, 6.45) is -3.61. The van der Waals surface area contributed by atoms with Crippen LogP contribution in [-0.4, -0.2) is 31.8 Å². The highest BCUT2D eigenvalue weighted by Crippen LogP contribution is 2.34. The first-order valence-corrected chi connectivity index (χ1v) is 9.29. The molecule has 1 aromatic carbocycles. The summed E-state index contributed by atoms with van der Waals surface area (Å²) in [5.41, 5.74) is -1.67. The number of rotatable bonds is 3. The van der Waals surface area contributed by atoms with E-state index < -0.39 is 35.6 Å². The predicted octanol–water partition coefficient (Wildman–Crippen LogP) is 1.69. The van der Waals surface area contributed by atoms with E-state index in [2.05, 4.69) is 9.97 Å². The van der Waals surface area contributed by atoms with Gasteiger partial charge in [0, 0.05) is 19.7 Å². The maximum Gasteiger partial charge on any atom is 0.406 e. The topological polar surface area (TPSA) is 93.0 Å². The van der Waals surface area contributed by atoms with Crippen LogP contribution in [-0.2, 0) is 13.6 Å². The van der Waals surface area contributed by atoms with Crippen molar-refractivity contribution >= 4 is 16.7 Å². The van der Waals surface area contributed by atoms with Crippen LogP contribution >= 0.6 is 0 Å². The number of halogens is 3. The molecule has 0 amide bonds. The lowest BCUT2D eigenvalue weighted by molar-refractivity contribution is -0.141. The molecule has 1 atom stereocenters. The van der Waals surface area contributed by atoms with Gasteiger partial charge in [-0.25, -0.2) is 9.78 Å². The highest BCUT2D eigenvalue weighted by Gasteiger charge is 2.35. The highest BCUT2D eigenvalue weighted by atomic mass is 19.4. The molecule has 1 saturated heterocycles. The molecule has 0 spiro atoms. The molecule has 0 saturated carbocycles. The number of fused-ring (bicyclic) bond motifs is 1. The first-order valence-electron chi connectivity index (χ1n) is 9.29. The van der Waals surface area contributed by atoms with Crippen molar-refractivity contribution in [2.24, 2.45) is 7.05 Å². The van der Waals surface area contributed by atoms with Crippen molar-refractivity contribution in [3.05, 3.63) is 67.3 Å². The highest BCUT2D eigenvalue weighted by molar-refractivity contribution is 5.77. The average molecular weight is 421 g/mol. The molecule has 2 aromatic heterocycles. The summed E-state index contributed by atoms with van der Waals surface area (Å²) in [4.78, 5) is 45.5. The Bertz CT molecular complexity index is 1260. The van der Waals surface area contributed by atoms with Crippen molar-refractivity contribution in [2.45, 2.75) is 31.6 Å². The maximum atomic E-state index is 13.3. The molecule has 1 N–H and O–H groups in total. The van der Waals surface area contributed by atoms with E-state index >= 15 is 0 Å². The van der Waals surface area contributed by atoms with E-state index in [1.165, 1.54) is 19.2 Å². The van der Waals surface area contributed by atoms with Gasteiger partial charge in [0.2, 0.25) is 0 Å². The Hall–Kier alpha value is -3.37. The summed E-state index contributed by atoms with van der Waals surface area (Å²) in [5, 5.41) is 0.0945. The molecule has 1 fully saturated rings. The van der Waals surface area contributed by atoms with Gasteiger partial charge >= 0.3 is 11.9 Å². The number of benzene rings is 1. The molecule has 0 bridgehead atoms. The van der Waals surface area contributed by atoms with Crippen LogP contribution in [0.15, 0.2) is 44.7 Å². The molecular formula is C19H18F3N5O3. The third-order valence-electron chi connectivity index (χ3n) is 5.22. The summed E-state index contributed by atoms with van der Waals surface area (Å²) in [5.74, 6) is 0.140. The van der Waals surface area contributed by atoms with E-state index in [0.717, 1.165) is 4.57 Å². The maximum absolute atomic E-state index is 13.3. The molecule has 3 aromatic rings. The van der Waals surface area contributed by atoms with Crippen molar-refractivity contribution in [3.8, 4) is 0 Å². The molecule has 30 heavy (non-hydrogen) atoms. The predicted molar refractivity (Wildman–Crippen MR) is 104 cm³/mol. The lowest BCUT2D eigenvalue weighted by Gasteiger charge is -2.28. The van der Waals surface area contributed by atoms with Gasteiger partial charge in [0.05, 0.1) is 16.9 Å². The number of H-pyrrole nitrogens is 1. The zero-order chi connectivity index (χ0) is 21.6. The number of alkyl halides is 3. The minimum atomic E-state index is -4.62. The fourth-order valence-corrected chi connectivity index (χ4v) is 3.79. The molecule has 3 heterocycles. The van der Waals surface area contributed by atoms with Gasteiger partial charge in [-0.1, -0.05) is 12.1 Å². The normalized spacial score (nSPS) is 17.1. The fraction of sp³-hybridized carbons (Fsp3) is 0.368. The summed E-state index contributed by atoms with van der Waals surface area (Å²) in [7, 11) is 1.32. The molecule has 1 unspecified atom stereocenters. The Morgan fingerprint density at radius 3 is 2.63 bits per heavy atom. The van der Waals surface area contributed by atoms with Gasteiger partial charge in [-0.05, 0) is 25.0 Å². The largest absolute Gasteiger partial charge is 0.406 e. The third-order valence-corrected chi connectivity index (χ3v) is 5.22. The Balaban J connectivity index is 1.91. The summed E-state index contributed by atoms with van der Waals surface area (Å²) in [6, 6.07) is 6.73. The second-order valence-corrected chi connectivity index (χ2v) is 7.20. The molecule has 1 aliphatic rings. The first-order chi connectivity index (χ1) is 14.2. The van der Waals surface area contributed by atoms with Crippen LogP contribution < -0.4 is 21.7 Å². The second-order valence-electron chi connectivity index (χ2n) is 7.20. The van der Waals surface area contributed by atoms with Crippen molar-refractivity contribution in [2.75, 3.05) is 11.4 Å². The molecule has 8 nitrogen and oxygen atoms in total. The van der Waals surface area contributed by atoms with Crippen LogP contribution in [0.3, 0.4) is 0 Å². The summed E-state index contributed by atoms with van der Waals surface area (Å²) in [6.45, 7) is -1.08. The van der Waals surface area contributed by atoms with Crippen molar-refractivity contribution < 1.29 is 13.2 Å². The Labute approximate surface area is 167 Å². The fourth-order valence-electron chi connectivity index (χ4n) is 3.79. The van der Waals surface area contributed by atoms with Crippen LogP contribution in [0.1, 0.15) is 24.7 Å². The zero-order valence-electron chi connectivity index (χ0n) is 15.9. The SMILES string of the molecule is Cn1c(=O)cc(N2CCCC2c2nc3ccccc3c(=O)n2CC(F)(F)F)[nH]c1=O. The van der Waals surface area contributed by atoms with Gasteiger partial charge in [0.25, 0.3) is 11.1 Å². The zero-order valence-corrected chi connectivity index (χ0v) is 15.9. The standard InChI is InChI=1S/C19H18F3N5O3/c1-25-15(28)9-14(24-18(25)30)26-8-4-7-13(26)16-23-12-6-3-2-5-11(12)17(29)27(16)10-19(20,21)22/h2-3,5-6,9,13H,4,7-8,10H2,1H3,(H,24,30). The Kier molecular flexibility index (Phi) is 4.75. The van der Waals surface area contributed by atoms with E-state index in [1.54, 1.807) is 23.1 Å². The molecule has 11 heteroatoms. The smallest absolute Gasteiger partial charge is 0.348 e. The van der Waals surface area contributed by atoms with Crippen LogP contribution in [0, 0.1) is 0 Å². The van der Waals surface area contributed by atoms with Gasteiger partial charge in [-0.15, -0.1) is 0 Å². The monoisotopic (exact) mass is 421 g/mol. The van der Waals surface area contributed by atoms with E-state index in [4.69, 9.17) is 0 Å². The quantitative estimate of drug-likeness (QED) is 0.695. The Morgan fingerprint density at radius 1 is 1.20 bits per heavy atom. The molecule has 4 rings (SSSR count). The summed E-state index contributed by atoms with van der Waals surface area (Å²) >= 11 is 0. The molecule has 0 aliphatic carbocycles. The number of hydrogen-bond acceptors (Lipinski definition) is 5. The van der Waals surface area contributed by atoms with Gasteiger partial charge in [-0.2, -0.15) is 13.2 Å². The number of para-hydroxylation sites is 1. The number of nitrogens with zero attached hydrogens (tertiary/aromatic N) is 4. The number of hydrogen-bond donors (Lipinski definition) is 1. The number of anilines is 1.